The number of nitrogens with one attached hydrogen (secondary N) is 1. The standard InChI is InChI=1S/C31H36N4O2S/c1-30(2,3)23-16-22(17-24(28(23)37)31(4,5)6)18-32-34-27(36)20-38-29-33-25-14-10-11-15-26(25)35(29)19-21-12-8-7-9-13-21/h7-18,37H,19-20H2,1-6H3,(H,34,36)/b32-18+. The van der Waals surface area contributed by atoms with Gasteiger partial charge in [0.2, 0.25) is 0 Å². The normalized spacial score (nSPS) is 12.4. The van der Waals surface area contributed by atoms with Crippen LogP contribution in [-0.4, -0.2) is 32.5 Å². The molecule has 38 heavy (non-hydrogen) atoms. The van der Waals surface area contributed by atoms with E-state index in [-0.39, 0.29) is 22.5 Å². The summed E-state index contributed by atoms with van der Waals surface area (Å²) in [6.07, 6.45) is 1.64. The Morgan fingerprint density at radius 1 is 0.974 bits per heavy atom. The van der Waals surface area contributed by atoms with Crippen molar-refractivity contribution in [3.8, 4) is 5.75 Å². The number of rotatable bonds is 7. The molecule has 0 aliphatic rings. The van der Waals surface area contributed by atoms with E-state index >= 15 is 0 Å². The van der Waals surface area contributed by atoms with E-state index in [1.54, 1.807) is 6.21 Å². The van der Waals surface area contributed by atoms with E-state index in [9.17, 15) is 9.90 Å². The lowest BCUT2D eigenvalue weighted by Crippen LogP contribution is -2.20. The molecule has 0 fully saturated rings. The van der Waals surface area contributed by atoms with Crippen LogP contribution >= 0.6 is 11.8 Å². The second-order valence-corrected chi connectivity index (χ2v) is 12.4. The van der Waals surface area contributed by atoms with Gasteiger partial charge < -0.3 is 9.67 Å². The van der Waals surface area contributed by atoms with E-state index in [4.69, 9.17) is 4.98 Å². The number of amides is 1. The monoisotopic (exact) mass is 528 g/mol. The molecular weight excluding hydrogens is 492 g/mol. The summed E-state index contributed by atoms with van der Waals surface area (Å²) < 4.78 is 2.14. The molecular formula is C31H36N4O2S. The summed E-state index contributed by atoms with van der Waals surface area (Å²) >= 11 is 1.39. The zero-order valence-corrected chi connectivity index (χ0v) is 23.8. The number of hydrogen-bond acceptors (Lipinski definition) is 5. The maximum absolute atomic E-state index is 12.7. The summed E-state index contributed by atoms with van der Waals surface area (Å²) in [7, 11) is 0. The van der Waals surface area contributed by atoms with Crippen molar-refractivity contribution in [2.24, 2.45) is 5.10 Å². The number of para-hydroxylation sites is 2. The highest BCUT2D eigenvalue weighted by atomic mass is 32.2. The van der Waals surface area contributed by atoms with Crippen molar-refractivity contribution in [2.75, 3.05) is 5.75 Å². The largest absolute Gasteiger partial charge is 0.507 e. The third-order valence-electron chi connectivity index (χ3n) is 6.29. The van der Waals surface area contributed by atoms with Crippen molar-refractivity contribution in [1.82, 2.24) is 15.0 Å². The number of imidazole rings is 1. The fourth-order valence-electron chi connectivity index (χ4n) is 4.30. The lowest BCUT2D eigenvalue weighted by atomic mass is 9.78. The first-order chi connectivity index (χ1) is 17.9. The second-order valence-electron chi connectivity index (χ2n) is 11.5. The molecule has 0 bridgehead atoms. The van der Waals surface area contributed by atoms with Crippen molar-refractivity contribution >= 4 is 34.9 Å². The molecule has 0 radical (unpaired) electrons. The first-order valence-electron chi connectivity index (χ1n) is 12.8. The van der Waals surface area contributed by atoms with Gasteiger partial charge in [-0.05, 0) is 46.2 Å². The number of phenols is 1. The van der Waals surface area contributed by atoms with Crippen LogP contribution in [0.4, 0.5) is 0 Å². The van der Waals surface area contributed by atoms with Crippen LogP contribution in [0.1, 0.15) is 63.8 Å². The Kier molecular flexibility index (Phi) is 7.97. The summed E-state index contributed by atoms with van der Waals surface area (Å²) in [6, 6.07) is 22.1. The molecule has 6 nitrogen and oxygen atoms in total. The van der Waals surface area contributed by atoms with Gasteiger partial charge in [0.25, 0.3) is 5.91 Å². The number of thioether (sulfide) groups is 1. The van der Waals surface area contributed by atoms with Crippen molar-refractivity contribution in [3.05, 3.63) is 89.0 Å². The first kappa shape index (κ1) is 27.5. The van der Waals surface area contributed by atoms with Gasteiger partial charge in [0.1, 0.15) is 5.75 Å². The molecule has 0 atom stereocenters. The minimum atomic E-state index is -0.237. The van der Waals surface area contributed by atoms with E-state index in [0.29, 0.717) is 12.3 Å². The fourth-order valence-corrected chi connectivity index (χ4v) is 5.10. The number of aromatic hydroxyl groups is 1. The summed E-state index contributed by atoms with van der Waals surface area (Å²) in [5.41, 5.74) is 7.82. The summed E-state index contributed by atoms with van der Waals surface area (Å²) in [5, 5.41) is 15.9. The van der Waals surface area contributed by atoms with Gasteiger partial charge in [-0.2, -0.15) is 5.10 Å². The fraction of sp³-hybridized carbons (Fsp3) is 0.323. The van der Waals surface area contributed by atoms with Gasteiger partial charge in [0.05, 0.1) is 29.5 Å². The number of aromatic nitrogens is 2. The third-order valence-corrected chi connectivity index (χ3v) is 7.26. The minimum absolute atomic E-state index is 0.186. The van der Waals surface area contributed by atoms with Gasteiger partial charge in [-0.15, -0.1) is 0 Å². The Balaban J connectivity index is 1.48. The Bertz CT molecular complexity index is 1430. The molecule has 0 aliphatic heterocycles. The molecule has 1 heterocycles. The van der Waals surface area contributed by atoms with Crippen LogP contribution < -0.4 is 5.43 Å². The number of hydrogen-bond donors (Lipinski definition) is 2. The molecule has 4 rings (SSSR count). The highest BCUT2D eigenvalue weighted by Gasteiger charge is 2.26. The maximum Gasteiger partial charge on any atom is 0.250 e. The topological polar surface area (TPSA) is 79.5 Å². The minimum Gasteiger partial charge on any atom is -0.507 e. The Hall–Kier alpha value is -3.58. The van der Waals surface area contributed by atoms with Crippen LogP contribution in [0.25, 0.3) is 11.0 Å². The van der Waals surface area contributed by atoms with E-state index in [1.165, 1.54) is 17.3 Å². The predicted molar refractivity (Wildman–Crippen MR) is 157 cm³/mol. The Morgan fingerprint density at radius 3 is 2.21 bits per heavy atom. The molecule has 0 unspecified atom stereocenters. The molecule has 0 saturated heterocycles. The van der Waals surface area contributed by atoms with E-state index < -0.39 is 0 Å². The van der Waals surface area contributed by atoms with Crippen molar-refractivity contribution in [1.29, 1.82) is 0 Å². The van der Waals surface area contributed by atoms with Crippen LogP contribution in [0.3, 0.4) is 0 Å². The number of fused-ring (bicyclic) bond motifs is 1. The number of carbonyl (C=O) groups excluding carboxylic acids is 1. The van der Waals surface area contributed by atoms with Gasteiger partial charge >= 0.3 is 0 Å². The number of carbonyl (C=O) groups is 1. The van der Waals surface area contributed by atoms with Crippen LogP contribution in [0.2, 0.25) is 0 Å². The number of nitrogens with zero attached hydrogens (tertiary/aromatic N) is 3. The van der Waals surface area contributed by atoms with E-state index in [0.717, 1.165) is 32.9 Å². The van der Waals surface area contributed by atoms with E-state index in [1.807, 2.05) is 48.5 Å². The molecule has 4 aromatic rings. The summed E-state index contributed by atoms with van der Waals surface area (Å²) in [4.78, 5) is 17.4. The smallest absolute Gasteiger partial charge is 0.250 e. The zero-order valence-electron chi connectivity index (χ0n) is 22.9. The van der Waals surface area contributed by atoms with Gasteiger partial charge in [-0.3, -0.25) is 4.79 Å². The molecule has 3 aromatic carbocycles. The number of benzene rings is 3. The van der Waals surface area contributed by atoms with Crippen LogP contribution in [-0.2, 0) is 22.2 Å². The highest BCUT2D eigenvalue weighted by Crippen LogP contribution is 2.39. The predicted octanol–water partition coefficient (Wildman–Crippen LogP) is 6.63. The quantitative estimate of drug-likeness (QED) is 0.160. The molecule has 0 saturated carbocycles. The van der Waals surface area contributed by atoms with Crippen molar-refractivity contribution in [2.45, 2.75) is 64.1 Å². The Labute approximate surface area is 229 Å². The second kappa shape index (κ2) is 11.0. The van der Waals surface area contributed by atoms with Crippen molar-refractivity contribution in [3.63, 3.8) is 0 Å². The van der Waals surface area contributed by atoms with Crippen LogP contribution in [0.5, 0.6) is 5.75 Å². The molecule has 1 aromatic heterocycles. The molecule has 0 aliphatic carbocycles. The van der Waals surface area contributed by atoms with Crippen LogP contribution in [0.15, 0.2) is 77.0 Å². The Morgan fingerprint density at radius 2 is 1.58 bits per heavy atom. The molecule has 1 amide bonds. The zero-order chi connectivity index (χ0) is 27.5. The third kappa shape index (κ3) is 6.45. The van der Waals surface area contributed by atoms with Crippen molar-refractivity contribution < 1.29 is 9.90 Å². The number of hydrazone groups is 1. The lowest BCUT2D eigenvalue weighted by molar-refractivity contribution is -0.118. The highest BCUT2D eigenvalue weighted by molar-refractivity contribution is 7.99. The van der Waals surface area contributed by atoms with Gasteiger partial charge in [-0.25, -0.2) is 10.4 Å². The molecule has 0 spiro atoms. The first-order valence-corrected chi connectivity index (χ1v) is 13.7. The average molecular weight is 529 g/mol. The molecule has 198 valence electrons. The van der Waals surface area contributed by atoms with Gasteiger partial charge in [0, 0.05) is 11.1 Å². The lowest BCUT2D eigenvalue weighted by Gasteiger charge is -2.27. The SMILES string of the molecule is CC(C)(C)c1cc(/C=N/NC(=O)CSc2nc3ccccc3n2Cc2ccccc2)cc(C(C)(C)C)c1O. The van der Waals surface area contributed by atoms with Gasteiger partial charge in [-0.1, -0.05) is 95.8 Å². The van der Waals surface area contributed by atoms with Gasteiger partial charge in [0.15, 0.2) is 5.16 Å². The maximum atomic E-state index is 12.7. The molecule has 7 heteroatoms. The molecule has 2 N–H and O–H groups in total. The number of phenolic OH excluding ortho intramolecular Hbond substituents is 1. The average Bonchev–Trinajstić information content (AvgIpc) is 3.20. The van der Waals surface area contributed by atoms with E-state index in [2.05, 4.69) is 74.8 Å². The summed E-state index contributed by atoms with van der Waals surface area (Å²) in [6.45, 7) is 13.1. The summed E-state index contributed by atoms with van der Waals surface area (Å²) in [5.74, 6) is 0.294. The van der Waals surface area contributed by atoms with Crippen LogP contribution in [0, 0.1) is 0 Å².